The molecule has 0 fully saturated rings. The molecular formula is C19H24N4O6. The molecule has 0 radical (unpaired) electrons. The van der Waals surface area contributed by atoms with Crippen LogP contribution in [0.2, 0.25) is 0 Å². The van der Waals surface area contributed by atoms with E-state index in [-0.39, 0.29) is 25.1 Å². The molecule has 1 amide bonds. The number of amides is 1. The van der Waals surface area contributed by atoms with Crippen molar-refractivity contribution in [3.05, 3.63) is 62.7 Å². The van der Waals surface area contributed by atoms with E-state index in [9.17, 15) is 19.7 Å². The van der Waals surface area contributed by atoms with Crippen molar-refractivity contribution in [3.63, 3.8) is 0 Å². The number of ether oxygens (including phenoxy) is 2. The second kappa shape index (κ2) is 9.28. The summed E-state index contributed by atoms with van der Waals surface area (Å²) in [4.78, 5) is 38.7. The molecule has 0 aliphatic carbocycles. The number of nitro groups is 1. The maximum Gasteiger partial charge on any atom is 0.407 e. The predicted octanol–water partition coefficient (Wildman–Crippen LogP) is 2.57. The number of alkyl carbamates (subject to hydrolysis) is 1. The van der Waals surface area contributed by atoms with Gasteiger partial charge in [-0.25, -0.2) is 9.78 Å². The number of nitrogens with zero attached hydrogens (tertiary/aromatic N) is 3. The van der Waals surface area contributed by atoms with Gasteiger partial charge in [0.05, 0.1) is 24.2 Å². The zero-order valence-corrected chi connectivity index (χ0v) is 16.7. The summed E-state index contributed by atoms with van der Waals surface area (Å²) in [5.41, 5.74) is -1.54. The summed E-state index contributed by atoms with van der Waals surface area (Å²) < 4.78 is 11.8. The summed E-state index contributed by atoms with van der Waals surface area (Å²) in [6.07, 6.45) is 2.37. The highest BCUT2D eigenvalue weighted by Gasteiger charge is 2.19. The molecule has 2 rings (SSSR count). The van der Waals surface area contributed by atoms with Crippen LogP contribution in [0.1, 0.15) is 33.3 Å². The predicted molar refractivity (Wildman–Crippen MR) is 105 cm³/mol. The molecule has 2 heterocycles. The van der Waals surface area contributed by atoms with Crippen LogP contribution in [-0.2, 0) is 16.1 Å². The molecule has 2 aromatic rings. The van der Waals surface area contributed by atoms with E-state index in [0.717, 1.165) is 4.57 Å². The van der Waals surface area contributed by atoms with E-state index in [1.165, 1.54) is 18.5 Å². The van der Waals surface area contributed by atoms with Crippen molar-refractivity contribution in [3.8, 4) is 5.82 Å². The van der Waals surface area contributed by atoms with Gasteiger partial charge < -0.3 is 14.8 Å². The van der Waals surface area contributed by atoms with Crippen molar-refractivity contribution in [2.45, 2.75) is 45.9 Å². The monoisotopic (exact) mass is 404 g/mol. The molecule has 0 saturated heterocycles. The molecule has 156 valence electrons. The van der Waals surface area contributed by atoms with Gasteiger partial charge in [0.15, 0.2) is 0 Å². The van der Waals surface area contributed by atoms with Crippen molar-refractivity contribution < 1.29 is 19.2 Å². The first-order valence-electron chi connectivity index (χ1n) is 8.95. The highest BCUT2D eigenvalue weighted by atomic mass is 16.6. The minimum atomic E-state index is -0.780. The Morgan fingerprint density at radius 1 is 1.38 bits per heavy atom. The van der Waals surface area contributed by atoms with E-state index in [0.29, 0.717) is 5.56 Å². The van der Waals surface area contributed by atoms with Crippen LogP contribution in [0.3, 0.4) is 0 Å². The summed E-state index contributed by atoms with van der Waals surface area (Å²) in [5.74, 6) is 0.266. The number of carbonyl (C=O) groups excluding carboxylic acids is 1. The smallest absolute Gasteiger partial charge is 0.407 e. The number of nitrogens with one attached hydrogen (secondary N) is 1. The Bertz CT molecular complexity index is 921. The third-order valence-corrected chi connectivity index (χ3v) is 3.55. The van der Waals surface area contributed by atoms with Crippen LogP contribution in [0.5, 0.6) is 0 Å². The van der Waals surface area contributed by atoms with E-state index < -0.39 is 27.9 Å². The molecule has 0 aromatic carbocycles. The summed E-state index contributed by atoms with van der Waals surface area (Å²) in [6.45, 7) is 7.18. The fourth-order valence-electron chi connectivity index (χ4n) is 2.40. The second-order valence-corrected chi connectivity index (χ2v) is 7.42. The number of aromatic nitrogens is 2. The molecular weight excluding hydrogens is 380 g/mol. The molecule has 10 nitrogen and oxygen atoms in total. The van der Waals surface area contributed by atoms with E-state index in [4.69, 9.17) is 9.47 Å². The molecule has 29 heavy (non-hydrogen) atoms. The molecule has 0 saturated carbocycles. The van der Waals surface area contributed by atoms with Crippen LogP contribution in [0.4, 0.5) is 10.5 Å². The lowest BCUT2D eigenvalue weighted by atomic mass is 10.2. The van der Waals surface area contributed by atoms with Gasteiger partial charge in [-0.05, 0) is 39.8 Å². The SMILES string of the molecule is C[C@H](COCc1cc([N+](=O)[O-])c(=O)n(-c2ccccn2)c1)NC(=O)OC(C)(C)C. The average Bonchev–Trinajstić information content (AvgIpc) is 2.61. The first kappa shape index (κ1) is 22.0. The van der Waals surface area contributed by atoms with Gasteiger partial charge >= 0.3 is 17.3 Å². The number of pyridine rings is 2. The highest BCUT2D eigenvalue weighted by molar-refractivity contribution is 5.68. The molecule has 10 heteroatoms. The molecule has 0 bridgehead atoms. The zero-order chi connectivity index (χ0) is 21.6. The van der Waals surface area contributed by atoms with Crippen LogP contribution >= 0.6 is 0 Å². The first-order valence-corrected chi connectivity index (χ1v) is 8.95. The summed E-state index contributed by atoms with van der Waals surface area (Å²) >= 11 is 0. The lowest BCUT2D eigenvalue weighted by molar-refractivity contribution is -0.386. The lowest BCUT2D eigenvalue weighted by Crippen LogP contribution is -2.39. The summed E-state index contributed by atoms with van der Waals surface area (Å²) in [7, 11) is 0. The van der Waals surface area contributed by atoms with E-state index in [1.54, 1.807) is 45.9 Å². The average molecular weight is 404 g/mol. The number of hydrogen-bond acceptors (Lipinski definition) is 7. The Morgan fingerprint density at radius 3 is 2.69 bits per heavy atom. The van der Waals surface area contributed by atoms with E-state index >= 15 is 0 Å². The third kappa shape index (κ3) is 6.68. The largest absolute Gasteiger partial charge is 0.444 e. The topological polar surface area (TPSA) is 126 Å². The molecule has 2 aromatic heterocycles. The Labute approximate surface area is 167 Å². The quantitative estimate of drug-likeness (QED) is 0.555. The molecule has 1 N–H and O–H groups in total. The lowest BCUT2D eigenvalue weighted by Gasteiger charge is -2.22. The molecule has 1 atom stereocenters. The highest BCUT2D eigenvalue weighted by Crippen LogP contribution is 2.12. The van der Waals surface area contributed by atoms with Gasteiger partial charge in [0.1, 0.15) is 11.4 Å². The van der Waals surface area contributed by atoms with Gasteiger partial charge in [-0.2, -0.15) is 0 Å². The minimum Gasteiger partial charge on any atom is -0.444 e. The van der Waals surface area contributed by atoms with Crippen molar-refractivity contribution in [1.82, 2.24) is 14.9 Å². The standard InChI is InChI=1S/C19H24N4O6/c1-13(21-18(25)29-19(2,3)4)11-28-12-14-9-15(23(26)27)17(24)22(10-14)16-7-5-6-8-20-16/h5-10,13H,11-12H2,1-4H3,(H,21,25)/t13-/m1/s1. The second-order valence-electron chi connectivity index (χ2n) is 7.42. The molecule has 0 aliphatic heterocycles. The van der Waals surface area contributed by atoms with Crippen molar-refractivity contribution in [2.24, 2.45) is 0 Å². The number of rotatable bonds is 7. The van der Waals surface area contributed by atoms with Gasteiger partial charge in [-0.15, -0.1) is 0 Å². The van der Waals surface area contributed by atoms with Crippen molar-refractivity contribution in [2.75, 3.05) is 6.61 Å². The van der Waals surface area contributed by atoms with Crippen LogP contribution < -0.4 is 10.9 Å². The van der Waals surface area contributed by atoms with Crippen LogP contribution in [0.15, 0.2) is 41.5 Å². The summed E-state index contributed by atoms with van der Waals surface area (Å²) in [5, 5.41) is 13.9. The van der Waals surface area contributed by atoms with Gasteiger partial charge in [0.25, 0.3) is 0 Å². The minimum absolute atomic E-state index is 0.00823. The maximum atomic E-state index is 12.4. The Hall–Kier alpha value is -3.27. The third-order valence-electron chi connectivity index (χ3n) is 3.55. The first-order chi connectivity index (χ1) is 13.6. The van der Waals surface area contributed by atoms with Gasteiger partial charge in [-0.1, -0.05) is 6.07 Å². The zero-order valence-electron chi connectivity index (χ0n) is 16.7. The Morgan fingerprint density at radius 2 is 2.10 bits per heavy atom. The van der Waals surface area contributed by atoms with Gasteiger partial charge in [-0.3, -0.25) is 19.5 Å². The van der Waals surface area contributed by atoms with E-state index in [2.05, 4.69) is 10.3 Å². The van der Waals surface area contributed by atoms with E-state index in [1.807, 2.05) is 0 Å². The van der Waals surface area contributed by atoms with Gasteiger partial charge in [0.2, 0.25) is 0 Å². The molecule has 0 aliphatic rings. The normalized spacial score (nSPS) is 12.3. The fourth-order valence-corrected chi connectivity index (χ4v) is 2.40. The number of hydrogen-bond donors (Lipinski definition) is 1. The molecule has 0 unspecified atom stereocenters. The fraction of sp³-hybridized carbons (Fsp3) is 0.421. The Balaban J connectivity index is 2.07. The maximum absolute atomic E-state index is 12.4. The molecule has 0 spiro atoms. The Kier molecular flexibility index (Phi) is 7.05. The number of carbonyl (C=O) groups is 1. The summed E-state index contributed by atoms with van der Waals surface area (Å²) in [6, 6.07) is 5.75. The van der Waals surface area contributed by atoms with Crippen molar-refractivity contribution >= 4 is 11.8 Å². The van der Waals surface area contributed by atoms with Crippen LogP contribution in [-0.4, -0.2) is 38.8 Å². The van der Waals surface area contributed by atoms with Crippen molar-refractivity contribution in [1.29, 1.82) is 0 Å². The van der Waals surface area contributed by atoms with Gasteiger partial charge in [0, 0.05) is 24.0 Å². The van der Waals surface area contributed by atoms with Crippen LogP contribution in [0.25, 0.3) is 5.82 Å². The van der Waals surface area contributed by atoms with Crippen LogP contribution in [0, 0.1) is 10.1 Å².